The highest BCUT2D eigenvalue weighted by atomic mass is 14.8. The number of aryl methyl sites for hydroxylation is 1. The Bertz CT molecular complexity index is 286. The van der Waals surface area contributed by atoms with Crippen LogP contribution in [0.2, 0.25) is 0 Å². The molecule has 0 aliphatic rings. The molecular weight excluding hydrogens is 160 g/mol. The normalized spacial score (nSPS) is 14.2. The van der Waals surface area contributed by atoms with E-state index in [-0.39, 0.29) is 11.5 Å². The minimum atomic E-state index is 0.00806. The molecule has 72 valence electrons. The molecule has 2 heteroatoms. The Kier molecular flexibility index (Phi) is 2.71. The van der Waals surface area contributed by atoms with E-state index >= 15 is 0 Å². The number of pyridine rings is 1. The molecule has 0 saturated carbocycles. The smallest absolute Gasteiger partial charge is 0.0605 e. The third-order valence-corrected chi connectivity index (χ3v) is 2.28. The fraction of sp³-hybridized carbons (Fsp3) is 0.545. The molecule has 0 spiro atoms. The Morgan fingerprint density at radius 2 is 2.00 bits per heavy atom. The first-order valence-corrected chi connectivity index (χ1v) is 4.60. The van der Waals surface area contributed by atoms with E-state index in [2.05, 4.69) is 25.8 Å². The molecular formula is C11H18N2. The van der Waals surface area contributed by atoms with Gasteiger partial charge in [0.1, 0.15) is 0 Å². The molecule has 0 aliphatic carbocycles. The number of nitrogens with two attached hydrogens (primary N) is 1. The summed E-state index contributed by atoms with van der Waals surface area (Å²) in [6, 6.07) is 4.00. The van der Waals surface area contributed by atoms with Gasteiger partial charge >= 0.3 is 0 Å². The first-order chi connectivity index (χ1) is 5.93. The lowest BCUT2D eigenvalue weighted by atomic mass is 9.84. The van der Waals surface area contributed by atoms with E-state index in [1.54, 1.807) is 6.20 Å². The van der Waals surface area contributed by atoms with Gasteiger partial charge in [-0.15, -0.1) is 0 Å². The van der Waals surface area contributed by atoms with Crippen LogP contribution < -0.4 is 5.73 Å². The summed E-state index contributed by atoms with van der Waals surface area (Å²) in [7, 11) is 0. The molecule has 0 aliphatic heterocycles. The fourth-order valence-electron chi connectivity index (χ4n) is 1.23. The number of hydrogen-bond donors (Lipinski definition) is 1. The van der Waals surface area contributed by atoms with Crippen molar-refractivity contribution in [3.63, 3.8) is 0 Å². The molecule has 1 heterocycles. The molecule has 1 rings (SSSR count). The second-order valence-electron chi connectivity index (χ2n) is 4.55. The van der Waals surface area contributed by atoms with Gasteiger partial charge in [0.05, 0.1) is 11.7 Å². The number of rotatable bonds is 1. The summed E-state index contributed by atoms with van der Waals surface area (Å²) in [6.07, 6.45) is 1.80. The predicted molar refractivity (Wildman–Crippen MR) is 55.4 cm³/mol. The first kappa shape index (κ1) is 10.2. The molecule has 2 N–H and O–H groups in total. The average Bonchev–Trinajstić information content (AvgIpc) is 2.02. The zero-order chi connectivity index (χ0) is 10.1. The third kappa shape index (κ3) is 2.28. The highest BCUT2D eigenvalue weighted by Gasteiger charge is 2.24. The molecule has 0 saturated heterocycles. The summed E-state index contributed by atoms with van der Waals surface area (Å²) in [5, 5.41) is 0. The van der Waals surface area contributed by atoms with Gasteiger partial charge < -0.3 is 5.73 Å². The molecule has 1 aromatic rings. The maximum Gasteiger partial charge on any atom is 0.0605 e. The molecule has 0 amide bonds. The molecule has 1 atom stereocenters. The second-order valence-corrected chi connectivity index (χ2v) is 4.55. The summed E-state index contributed by atoms with van der Waals surface area (Å²) >= 11 is 0. The van der Waals surface area contributed by atoms with E-state index in [1.165, 1.54) is 5.56 Å². The Morgan fingerprint density at radius 1 is 1.38 bits per heavy atom. The van der Waals surface area contributed by atoms with Crippen LogP contribution in [0.4, 0.5) is 0 Å². The van der Waals surface area contributed by atoms with Crippen molar-refractivity contribution >= 4 is 0 Å². The maximum atomic E-state index is 6.11. The van der Waals surface area contributed by atoms with Crippen LogP contribution in [0, 0.1) is 12.3 Å². The van der Waals surface area contributed by atoms with Gasteiger partial charge in [-0.1, -0.05) is 26.8 Å². The standard InChI is InChI=1S/C11H18N2/c1-8-6-5-7-13-9(8)10(12)11(2,3)4/h5-7,10H,12H2,1-4H3. The van der Waals surface area contributed by atoms with E-state index < -0.39 is 0 Å². The van der Waals surface area contributed by atoms with Crippen molar-refractivity contribution in [1.29, 1.82) is 0 Å². The molecule has 13 heavy (non-hydrogen) atoms. The molecule has 0 bridgehead atoms. The van der Waals surface area contributed by atoms with Crippen molar-refractivity contribution in [2.75, 3.05) is 0 Å². The zero-order valence-electron chi connectivity index (χ0n) is 8.83. The largest absolute Gasteiger partial charge is 0.322 e. The minimum absolute atomic E-state index is 0.00806. The summed E-state index contributed by atoms with van der Waals surface area (Å²) in [4.78, 5) is 4.32. The highest BCUT2D eigenvalue weighted by molar-refractivity contribution is 5.22. The van der Waals surface area contributed by atoms with E-state index in [1.807, 2.05) is 19.1 Å². The highest BCUT2D eigenvalue weighted by Crippen LogP contribution is 2.30. The van der Waals surface area contributed by atoms with Crippen LogP contribution in [0.1, 0.15) is 38.1 Å². The quantitative estimate of drug-likeness (QED) is 0.717. The fourth-order valence-corrected chi connectivity index (χ4v) is 1.23. The van der Waals surface area contributed by atoms with Crippen LogP contribution in [0.15, 0.2) is 18.3 Å². The summed E-state index contributed by atoms with van der Waals surface area (Å²) < 4.78 is 0. The lowest BCUT2D eigenvalue weighted by Gasteiger charge is -2.27. The van der Waals surface area contributed by atoms with Crippen molar-refractivity contribution in [3.05, 3.63) is 29.6 Å². The summed E-state index contributed by atoms with van der Waals surface area (Å²) in [5.41, 5.74) is 8.36. The molecule has 0 radical (unpaired) electrons. The number of hydrogen-bond acceptors (Lipinski definition) is 2. The Morgan fingerprint density at radius 3 is 2.46 bits per heavy atom. The summed E-state index contributed by atoms with van der Waals surface area (Å²) in [6.45, 7) is 8.44. The van der Waals surface area contributed by atoms with Crippen molar-refractivity contribution in [3.8, 4) is 0 Å². The van der Waals surface area contributed by atoms with Gasteiger partial charge in [-0.2, -0.15) is 0 Å². The van der Waals surface area contributed by atoms with Crippen LogP contribution in [0.5, 0.6) is 0 Å². The van der Waals surface area contributed by atoms with Crippen molar-refractivity contribution in [2.45, 2.75) is 33.7 Å². The van der Waals surface area contributed by atoms with E-state index in [0.29, 0.717) is 0 Å². The van der Waals surface area contributed by atoms with E-state index in [0.717, 1.165) is 5.69 Å². The van der Waals surface area contributed by atoms with E-state index in [9.17, 15) is 0 Å². The van der Waals surface area contributed by atoms with Gasteiger partial charge in [-0.3, -0.25) is 4.98 Å². The Hall–Kier alpha value is -0.890. The van der Waals surface area contributed by atoms with Gasteiger partial charge in [0.2, 0.25) is 0 Å². The molecule has 0 aromatic carbocycles. The van der Waals surface area contributed by atoms with Gasteiger partial charge in [0.15, 0.2) is 0 Å². The summed E-state index contributed by atoms with van der Waals surface area (Å²) in [5.74, 6) is 0. The maximum absolute atomic E-state index is 6.11. The van der Waals surface area contributed by atoms with Crippen LogP contribution in [-0.2, 0) is 0 Å². The average molecular weight is 178 g/mol. The van der Waals surface area contributed by atoms with E-state index in [4.69, 9.17) is 5.73 Å². The van der Waals surface area contributed by atoms with Gasteiger partial charge in [-0.25, -0.2) is 0 Å². The van der Waals surface area contributed by atoms with Gasteiger partial charge in [-0.05, 0) is 24.0 Å². The molecule has 1 aromatic heterocycles. The Balaban J connectivity index is 3.02. The SMILES string of the molecule is Cc1cccnc1C(N)C(C)(C)C. The van der Waals surface area contributed by atoms with Crippen LogP contribution in [-0.4, -0.2) is 4.98 Å². The zero-order valence-corrected chi connectivity index (χ0v) is 8.83. The minimum Gasteiger partial charge on any atom is -0.322 e. The number of nitrogens with zero attached hydrogens (tertiary/aromatic N) is 1. The number of aromatic nitrogens is 1. The topological polar surface area (TPSA) is 38.9 Å². The van der Waals surface area contributed by atoms with Crippen molar-refractivity contribution < 1.29 is 0 Å². The molecule has 1 unspecified atom stereocenters. The molecule has 0 fully saturated rings. The van der Waals surface area contributed by atoms with Crippen LogP contribution in [0.3, 0.4) is 0 Å². The van der Waals surface area contributed by atoms with Gasteiger partial charge in [0, 0.05) is 6.20 Å². The monoisotopic (exact) mass is 178 g/mol. The van der Waals surface area contributed by atoms with Crippen LogP contribution >= 0.6 is 0 Å². The molecule has 2 nitrogen and oxygen atoms in total. The lowest BCUT2D eigenvalue weighted by molar-refractivity contribution is 0.320. The van der Waals surface area contributed by atoms with Crippen molar-refractivity contribution in [2.24, 2.45) is 11.1 Å². The Labute approximate surface area is 80.2 Å². The van der Waals surface area contributed by atoms with Gasteiger partial charge in [0.25, 0.3) is 0 Å². The van der Waals surface area contributed by atoms with Crippen LogP contribution in [0.25, 0.3) is 0 Å². The van der Waals surface area contributed by atoms with Crippen molar-refractivity contribution in [1.82, 2.24) is 4.98 Å². The second kappa shape index (κ2) is 3.46. The predicted octanol–water partition coefficient (Wildman–Crippen LogP) is 2.44. The third-order valence-electron chi connectivity index (χ3n) is 2.28. The first-order valence-electron chi connectivity index (χ1n) is 4.60. The lowest BCUT2D eigenvalue weighted by Crippen LogP contribution is -2.27.